The van der Waals surface area contributed by atoms with Gasteiger partial charge < -0.3 is 18.9 Å². The predicted octanol–water partition coefficient (Wildman–Crippen LogP) is 3.89. The Morgan fingerprint density at radius 3 is 1.86 bits per heavy atom. The van der Waals surface area contributed by atoms with E-state index >= 15 is 0 Å². The lowest BCUT2D eigenvalue weighted by molar-refractivity contribution is 0.324. The molecule has 0 aromatic heterocycles. The summed E-state index contributed by atoms with van der Waals surface area (Å²) in [6.07, 6.45) is 3.98. The minimum atomic E-state index is 0.585. The van der Waals surface area contributed by atoms with Crippen LogP contribution in [0.15, 0.2) is 36.4 Å². The van der Waals surface area contributed by atoms with Gasteiger partial charge in [-0.1, -0.05) is 24.3 Å². The average Bonchev–Trinajstić information content (AvgIpc) is 2.59. The van der Waals surface area contributed by atoms with Crippen LogP contribution in [0.3, 0.4) is 0 Å². The highest BCUT2D eigenvalue weighted by Crippen LogP contribution is 2.40. The van der Waals surface area contributed by atoms with Crippen molar-refractivity contribution in [2.75, 3.05) is 28.4 Å². The van der Waals surface area contributed by atoms with E-state index in [2.05, 4.69) is 0 Å². The summed E-state index contributed by atoms with van der Waals surface area (Å²) in [7, 11) is 6.46. The minimum Gasteiger partial charge on any atom is -0.497 e. The maximum atomic E-state index is 5.46. The smallest absolute Gasteiger partial charge is 0.203 e. The van der Waals surface area contributed by atoms with Crippen LogP contribution in [0.4, 0.5) is 0 Å². The van der Waals surface area contributed by atoms with Crippen molar-refractivity contribution in [2.45, 2.75) is 0 Å². The second kappa shape index (κ2) is 7.41. The highest BCUT2D eigenvalue weighted by Gasteiger charge is 2.13. The maximum Gasteiger partial charge on any atom is 0.203 e. The lowest BCUT2D eigenvalue weighted by Gasteiger charge is -2.14. The van der Waals surface area contributed by atoms with Gasteiger partial charge in [-0.25, -0.2) is 0 Å². The van der Waals surface area contributed by atoms with Crippen LogP contribution in [0.25, 0.3) is 12.2 Å². The Hall–Kier alpha value is -2.62. The van der Waals surface area contributed by atoms with Gasteiger partial charge in [0.05, 0.1) is 28.4 Å². The molecular formula is C18H20O4. The van der Waals surface area contributed by atoms with E-state index in [1.54, 1.807) is 28.4 Å². The quantitative estimate of drug-likeness (QED) is 0.758. The Bertz CT molecular complexity index is 645. The van der Waals surface area contributed by atoms with Gasteiger partial charge in [-0.3, -0.25) is 0 Å². The molecule has 0 heterocycles. The zero-order valence-corrected chi connectivity index (χ0v) is 13.3. The summed E-state index contributed by atoms with van der Waals surface area (Å²) in [6, 6.07) is 11.6. The summed E-state index contributed by atoms with van der Waals surface area (Å²) in [5.74, 6) is 2.70. The van der Waals surface area contributed by atoms with Gasteiger partial charge in [-0.15, -0.1) is 0 Å². The molecule has 0 N–H and O–H groups in total. The molecule has 0 saturated heterocycles. The SMILES string of the molecule is COc1ccc(C=Cc2ccc(OC)c(OC)c2OC)cc1. The van der Waals surface area contributed by atoms with Gasteiger partial charge in [0.25, 0.3) is 0 Å². The molecule has 2 aromatic rings. The molecule has 0 amide bonds. The molecule has 116 valence electrons. The fourth-order valence-corrected chi connectivity index (χ4v) is 2.16. The largest absolute Gasteiger partial charge is 0.497 e. The molecule has 0 atom stereocenters. The van der Waals surface area contributed by atoms with Gasteiger partial charge in [-0.05, 0) is 29.8 Å². The first-order valence-corrected chi connectivity index (χ1v) is 6.84. The lowest BCUT2D eigenvalue weighted by Crippen LogP contribution is -1.96. The minimum absolute atomic E-state index is 0.585. The molecule has 2 rings (SSSR count). The molecule has 0 spiro atoms. The first kappa shape index (κ1) is 15.8. The second-order valence-corrected chi connectivity index (χ2v) is 4.53. The van der Waals surface area contributed by atoms with Crippen LogP contribution >= 0.6 is 0 Å². The average molecular weight is 300 g/mol. The topological polar surface area (TPSA) is 36.9 Å². The van der Waals surface area contributed by atoms with Crippen LogP contribution in [0.2, 0.25) is 0 Å². The molecule has 0 radical (unpaired) electrons. The van der Waals surface area contributed by atoms with Crippen molar-refractivity contribution >= 4 is 12.2 Å². The maximum absolute atomic E-state index is 5.46. The first-order valence-electron chi connectivity index (χ1n) is 6.84. The summed E-state index contributed by atoms with van der Waals surface area (Å²) in [6.45, 7) is 0. The van der Waals surface area contributed by atoms with Gasteiger partial charge in [0, 0.05) is 5.56 Å². The van der Waals surface area contributed by atoms with Gasteiger partial charge >= 0.3 is 0 Å². The van der Waals surface area contributed by atoms with Crippen LogP contribution in [-0.2, 0) is 0 Å². The number of ether oxygens (including phenoxy) is 4. The van der Waals surface area contributed by atoms with E-state index < -0.39 is 0 Å². The van der Waals surface area contributed by atoms with E-state index in [0.29, 0.717) is 17.2 Å². The lowest BCUT2D eigenvalue weighted by atomic mass is 10.1. The number of benzene rings is 2. The van der Waals surface area contributed by atoms with Crippen molar-refractivity contribution in [3.05, 3.63) is 47.5 Å². The Balaban J connectivity index is 2.33. The summed E-state index contributed by atoms with van der Waals surface area (Å²) >= 11 is 0. The summed E-state index contributed by atoms with van der Waals surface area (Å²) in [5, 5.41) is 0. The Morgan fingerprint density at radius 1 is 0.636 bits per heavy atom. The van der Waals surface area contributed by atoms with Gasteiger partial charge in [0.2, 0.25) is 5.75 Å². The van der Waals surface area contributed by atoms with E-state index in [0.717, 1.165) is 16.9 Å². The van der Waals surface area contributed by atoms with Crippen LogP contribution < -0.4 is 18.9 Å². The van der Waals surface area contributed by atoms with Crippen molar-refractivity contribution < 1.29 is 18.9 Å². The van der Waals surface area contributed by atoms with Gasteiger partial charge in [0.15, 0.2) is 11.5 Å². The molecule has 0 aliphatic heterocycles. The zero-order valence-electron chi connectivity index (χ0n) is 13.3. The Labute approximate surface area is 130 Å². The third kappa shape index (κ3) is 3.34. The highest BCUT2D eigenvalue weighted by molar-refractivity contribution is 5.75. The molecule has 0 bridgehead atoms. The normalized spacial score (nSPS) is 10.5. The fourth-order valence-electron chi connectivity index (χ4n) is 2.16. The van der Waals surface area contributed by atoms with Crippen LogP contribution in [0.5, 0.6) is 23.0 Å². The molecule has 4 nitrogen and oxygen atoms in total. The van der Waals surface area contributed by atoms with E-state index in [4.69, 9.17) is 18.9 Å². The van der Waals surface area contributed by atoms with Crippen LogP contribution in [-0.4, -0.2) is 28.4 Å². The zero-order chi connectivity index (χ0) is 15.9. The second-order valence-electron chi connectivity index (χ2n) is 4.53. The molecule has 0 fully saturated rings. The molecule has 22 heavy (non-hydrogen) atoms. The fraction of sp³-hybridized carbons (Fsp3) is 0.222. The monoisotopic (exact) mass is 300 g/mol. The van der Waals surface area contributed by atoms with E-state index in [1.165, 1.54) is 0 Å². The Morgan fingerprint density at radius 2 is 1.32 bits per heavy atom. The van der Waals surface area contributed by atoms with Crippen LogP contribution in [0.1, 0.15) is 11.1 Å². The Kier molecular flexibility index (Phi) is 5.31. The van der Waals surface area contributed by atoms with Crippen molar-refractivity contribution in [1.29, 1.82) is 0 Å². The number of hydrogen-bond donors (Lipinski definition) is 0. The van der Waals surface area contributed by atoms with Crippen molar-refractivity contribution in [3.8, 4) is 23.0 Å². The number of rotatable bonds is 6. The van der Waals surface area contributed by atoms with Gasteiger partial charge in [0.1, 0.15) is 5.75 Å². The highest BCUT2D eigenvalue weighted by atomic mass is 16.5. The summed E-state index contributed by atoms with van der Waals surface area (Å²) in [4.78, 5) is 0. The van der Waals surface area contributed by atoms with Crippen LogP contribution in [0, 0.1) is 0 Å². The summed E-state index contributed by atoms with van der Waals surface area (Å²) < 4.78 is 21.3. The molecule has 0 aliphatic carbocycles. The molecule has 2 aromatic carbocycles. The number of methoxy groups -OCH3 is 4. The van der Waals surface area contributed by atoms with Crippen molar-refractivity contribution in [1.82, 2.24) is 0 Å². The molecule has 0 aliphatic rings. The predicted molar refractivity (Wildman–Crippen MR) is 88.0 cm³/mol. The third-order valence-electron chi connectivity index (χ3n) is 3.31. The molecule has 4 heteroatoms. The third-order valence-corrected chi connectivity index (χ3v) is 3.31. The first-order chi connectivity index (χ1) is 10.7. The summed E-state index contributed by atoms with van der Waals surface area (Å²) in [5.41, 5.74) is 1.98. The standard InChI is InChI=1S/C18H20O4/c1-19-15-10-6-13(7-11-15)5-8-14-9-12-16(20-2)18(22-4)17(14)21-3/h5-12H,1-4H3. The van der Waals surface area contributed by atoms with E-state index in [-0.39, 0.29) is 0 Å². The molecule has 0 saturated carbocycles. The van der Waals surface area contributed by atoms with E-state index in [9.17, 15) is 0 Å². The van der Waals surface area contributed by atoms with Crippen molar-refractivity contribution in [3.63, 3.8) is 0 Å². The van der Waals surface area contributed by atoms with E-state index in [1.807, 2.05) is 48.6 Å². The van der Waals surface area contributed by atoms with Gasteiger partial charge in [-0.2, -0.15) is 0 Å². The molecular weight excluding hydrogens is 280 g/mol. The van der Waals surface area contributed by atoms with Crippen molar-refractivity contribution in [2.24, 2.45) is 0 Å². The molecule has 0 unspecified atom stereocenters. The number of hydrogen-bond acceptors (Lipinski definition) is 4.